The van der Waals surface area contributed by atoms with Gasteiger partial charge in [0.05, 0.1) is 12.0 Å². The lowest BCUT2D eigenvalue weighted by molar-refractivity contribution is -0.138. The number of rotatable bonds is 10. The molecule has 0 aliphatic carbocycles. The molecule has 1 aliphatic heterocycles. The number of nitrogens with zero attached hydrogens (tertiary/aromatic N) is 3. The van der Waals surface area contributed by atoms with Gasteiger partial charge in [-0.05, 0) is 25.1 Å². The monoisotopic (exact) mass is 524 g/mol. The molecule has 194 valence electrons. The van der Waals surface area contributed by atoms with Crippen molar-refractivity contribution in [3.8, 4) is 5.75 Å². The van der Waals surface area contributed by atoms with E-state index in [0.717, 1.165) is 0 Å². The Morgan fingerprint density at radius 1 is 1.25 bits per heavy atom. The number of aliphatic hydroxyl groups is 2. The number of aromatic nitrogens is 3. The van der Waals surface area contributed by atoms with E-state index in [0.29, 0.717) is 5.39 Å². The van der Waals surface area contributed by atoms with E-state index in [4.69, 9.17) is 19.5 Å². The van der Waals surface area contributed by atoms with Gasteiger partial charge in [-0.2, -0.15) is 15.1 Å². The molecule has 0 radical (unpaired) electrons. The van der Waals surface area contributed by atoms with Gasteiger partial charge in [-0.15, -0.1) is 0 Å². The van der Waals surface area contributed by atoms with E-state index in [1.807, 2.05) is 5.48 Å². The van der Waals surface area contributed by atoms with Crippen LogP contribution in [0.3, 0.4) is 0 Å². The number of hydrogen-bond acceptors (Lipinski definition) is 12. The summed E-state index contributed by atoms with van der Waals surface area (Å²) < 4.78 is 31.4. The second-order valence-electron chi connectivity index (χ2n) is 7.94. The molecule has 1 aliphatic rings. The van der Waals surface area contributed by atoms with E-state index in [9.17, 15) is 29.9 Å². The van der Waals surface area contributed by atoms with Crippen LogP contribution in [0, 0.1) is 0 Å². The van der Waals surface area contributed by atoms with Gasteiger partial charge in [0.1, 0.15) is 35.8 Å². The zero-order valence-corrected chi connectivity index (χ0v) is 19.7. The molecule has 2 aromatic heterocycles. The number of fused-ring (bicyclic) bond motifs is 1. The number of anilines is 2. The fraction of sp³-hybridized carbons (Fsp3) is 0.350. The highest BCUT2D eigenvalue weighted by atomic mass is 31.2. The topological polar surface area (TPSA) is 224 Å². The third kappa shape index (κ3) is 5.27. The fourth-order valence-corrected chi connectivity index (χ4v) is 5.12. The molecule has 3 aromatic rings. The summed E-state index contributed by atoms with van der Waals surface area (Å²) in [7, 11) is -4.27. The Labute approximate surface area is 204 Å². The molecule has 4 rings (SSSR count). The summed E-state index contributed by atoms with van der Waals surface area (Å²) in [5, 5.41) is 42.4. The first kappa shape index (κ1) is 25.8. The van der Waals surface area contributed by atoms with Crippen LogP contribution in [0.1, 0.15) is 13.2 Å². The Bertz CT molecular complexity index is 1280. The molecule has 1 fully saturated rings. The van der Waals surface area contributed by atoms with Crippen molar-refractivity contribution >= 4 is 36.5 Å². The quantitative estimate of drug-likeness (QED) is 0.143. The SMILES string of the molecule is C[C@@H](NP(=O)(OC[C@H]1O[C@@H](n2ccc3c(NO)nc(N)nc32)[C@H](O)[C@@H]1O)Oc1ccccc1)C(=O)O. The van der Waals surface area contributed by atoms with Crippen LogP contribution in [0.15, 0.2) is 42.6 Å². The molecular formula is C20H25N6O9P. The van der Waals surface area contributed by atoms with E-state index < -0.39 is 50.9 Å². The number of nitrogens with one attached hydrogen (secondary N) is 2. The first-order valence-corrected chi connectivity index (χ1v) is 12.2. The number of aliphatic carboxylic acids is 1. The Morgan fingerprint density at radius 2 is 1.97 bits per heavy atom. The van der Waals surface area contributed by atoms with Crippen molar-refractivity contribution in [3.05, 3.63) is 42.6 Å². The normalized spacial score (nSPS) is 24.3. The molecule has 0 saturated carbocycles. The number of carboxylic acids is 1. The van der Waals surface area contributed by atoms with Crippen LogP contribution >= 0.6 is 7.75 Å². The molecule has 1 aromatic carbocycles. The summed E-state index contributed by atoms with van der Waals surface area (Å²) in [6.07, 6.45) is -3.80. The minimum Gasteiger partial charge on any atom is -0.480 e. The molecule has 1 unspecified atom stereocenters. The lowest BCUT2D eigenvalue weighted by atomic mass is 10.1. The van der Waals surface area contributed by atoms with E-state index in [1.54, 1.807) is 24.3 Å². The predicted octanol–water partition coefficient (Wildman–Crippen LogP) is 0.700. The number of hydrogen-bond donors (Lipinski definition) is 7. The molecular weight excluding hydrogens is 499 g/mol. The zero-order chi connectivity index (χ0) is 26.0. The summed E-state index contributed by atoms with van der Waals surface area (Å²) in [5.41, 5.74) is 7.80. The average Bonchev–Trinajstić information content (AvgIpc) is 3.38. The van der Waals surface area contributed by atoms with Gasteiger partial charge in [-0.25, -0.2) is 4.57 Å². The summed E-state index contributed by atoms with van der Waals surface area (Å²) >= 11 is 0. The van der Waals surface area contributed by atoms with Crippen LogP contribution in [0.25, 0.3) is 11.0 Å². The fourth-order valence-electron chi connectivity index (χ4n) is 3.61. The molecule has 0 bridgehead atoms. The van der Waals surface area contributed by atoms with Crippen molar-refractivity contribution in [3.63, 3.8) is 0 Å². The number of nitrogen functional groups attached to an aromatic ring is 1. The van der Waals surface area contributed by atoms with Crippen molar-refractivity contribution < 1.29 is 43.7 Å². The van der Waals surface area contributed by atoms with Crippen LogP contribution in [-0.2, 0) is 18.6 Å². The Kier molecular flexibility index (Phi) is 7.42. The summed E-state index contributed by atoms with van der Waals surface area (Å²) in [5.74, 6) is -1.27. The van der Waals surface area contributed by atoms with Gasteiger partial charge >= 0.3 is 13.7 Å². The van der Waals surface area contributed by atoms with Gasteiger partial charge in [0.25, 0.3) is 0 Å². The van der Waals surface area contributed by atoms with Gasteiger partial charge in [0.15, 0.2) is 12.0 Å². The second kappa shape index (κ2) is 10.4. The molecule has 15 nitrogen and oxygen atoms in total. The van der Waals surface area contributed by atoms with Crippen LogP contribution in [-0.4, -0.2) is 72.0 Å². The number of carboxylic acid groups (broad SMARTS) is 1. The van der Waals surface area contributed by atoms with Gasteiger partial charge in [-0.3, -0.25) is 20.0 Å². The zero-order valence-electron chi connectivity index (χ0n) is 18.8. The van der Waals surface area contributed by atoms with Gasteiger partial charge in [-0.1, -0.05) is 18.2 Å². The van der Waals surface area contributed by atoms with Crippen LogP contribution in [0.4, 0.5) is 11.8 Å². The van der Waals surface area contributed by atoms with E-state index in [-0.39, 0.29) is 23.2 Å². The third-order valence-electron chi connectivity index (χ3n) is 5.41. The van der Waals surface area contributed by atoms with Crippen LogP contribution in [0.5, 0.6) is 5.75 Å². The van der Waals surface area contributed by atoms with E-state index >= 15 is 0 Å². The number of benzene rings is 1. The Balaban J connectivity index is 1.53. The largest absolute Gasteiger partial charge is 0.480 e. The summed E-state index contributed by atoms with van der Waals surface area (Å²) in [6, 6.07) is 8.21. The van der Waals surface area contributed by atoms with Gasteiger partial charge < -0.3 is 34.9 Å². The lowest BCUT2D eigenvalue weighted by Gasteiger charge is -2.24. The minimum atomic E-state index is -4.27. The van der Waals surface area contributed by atoms with Crippen molar-refractivity contribution in [2.75, 3.05) is 17.8 Å². The number of para-hydroxylation sites is 1. The number of ether oxygens (including phenoxy) is 1. The number of carbonyl (C=O) groups is 1. The maximum Gasteiger partial charge on any atom is 0.459 e. The lowest BCUT2D eigenvalue weighted by Crippen LogP contribution is -2.36. The molecule has 6 atom stereocenters. The van der Waals surface area contributed by atoms with Gasteiger partial charge in [0.2, 0.25) is 5.95 Å². The Morgan fingerprint density at radius 3 is 2.64 bits per heavy atom. The highest BCUT2D eigenvalue weighted by Gasteiger charge is 2.46. The Hall–Kier alpha value is -3.30. The highest BCUT2D eigenvalue weighted by molar-refractivity contribution is 7.52. The third-order valence-corrected chi connectivity index (χ3v) is 7.05. The highest BCUT2D eigenvalue weighted by Crippen LogP contribution is 2.46. The first-order chi connectivity index (χ1) is 17.1. The minimum absolute atomic E-state index is 0.0294. The molecule has 1 saturated heterocycles. The second-order valence-corrected chi connectivity index (χ2v) is 9.63. The summed E-state index contributed by atoms with van der Waals surface area (Å²) in [4.78, 5) is 19.3. The number of aliphatic hydroxyl groups excluding tert-OH is 2. The molecule has 3 heterocycles. The maximum atomic E-state index is 13.4. The van der Waals surface area contributed by atoms with Gasteiger partial charge in [0, 0.05) is 6.20 Å². The van der Waals surface area contributed by atoms with Crippen molar-refractivity contribution in [1.82, 2.24) is 19.6 Å². The molecule has 36 heavy (non-hydrogen) atoms. The standard InChI is InChI=1S/C20H25N6O9P/c1-10(19(29)30)25-36(32,35-11-5-3-2-4-6-11)33-9-13-14(27)15(28)18(34-13)26-8-7-12-16(24-31)22-20(21)23-17(12)26/h2-8,10,13-15,18,27-28,31H,9H2,1H3,(H,25,32)(H,29,30)(H3,21,22,23,24)/t10-,13-,14-,15-,18-,36?/m1/s1. The van der Waals surface area contributed by atoms with Crippen molar-refractivity contribution in [1.29, 1.82) is 0 Å². The van der Waals surface area contributed by atoms with Crippen molar-refractivity contribution in [2.24, 2.45) is 0 Å². The molecule has 0 amide bonds. The number of nitrogens with two attached hydrogens (primary N) is 1. The maximum absolute atomic E-state index is 13.4. The van der Waals surface area contributed by atoms with Crippen molar-refractivity contribution in [2.45, 2.75) is 37.5 Å². The average molecular weight is 524 g/mol. The summed E-state index contributed by atoms with van der Waals surface area (Å²) in [6.45, 7) is 0.728. The predicted molar refractivity (Wildman–Crippen MR) is 124 cm³/mol. The first-order valence-electron chi connectivity index (χ1n) is 10.7. The van der Waals surface area contributed by atoms with E-state index in [1.165, 1.54) is 29.8 Å². The smallest absolute Gasteiger partial charge is 0.459 e. The van der Waals surface area contributed by atoms with Crippen LogP contribution < -0.4 is 20.8 Å². The van der Waals surface area contributed by atoms with Crippen LogP contribution in [0.2, 0.25) is 0 Å². The molecule has 16 heteroatoms. The van der Waals surface area contributed by atoms with E-state index in [2.05, 4.69) is 15.1 Å². The molecule has 8 N–H and O–H groups in total. The molecule has 0 spiro atoms.